The topological polar surface area (TPSA) is 38.1 Å². The summed E-state index contributed by atoms with van der Waals surface area (Å²) < 4.78 is 5.41. The maximum absolute atomic E-state index is 5.41. The maximum atomic E-state index is 5.41. The molecule has 0 saturated carbocycles. The number of nitrogens with one attached hydrogen (secondary N) is 1. The van der Waals surface area contributed by atoms with Gasteiger partial charge in [-0.15, -0.1) is 0 Å². The molecule has 1 unspecified atom stereocenters. The normalized spacial score (nSPS) is 20.4. The standard InChI is InChI=1S/C14H16N2O/c1-2-6-11(7-3-1)14-10-13(16-17-14)12-8-4-5-9-15-12/h1-3,6-7,10,12,15H,4-5,8-9H2. The molecule has 1 N–H and O–H groups in total. The van der Waals surface area contributed by atoms with Crippen molar-refractivity contribution in [3.63, 3.8) is 0 Å². The van der Waals surface area contributed by atoms with Crippen LogP contribution in [0.25, 0.3) is 11.3 Å². The van der Waals surface area contributed by atoms with Gasteiger partial charge >= 0.3 is 0 Å². The van der Waals surface area contributed by atoms with Crippen LogP contribution in [-0.2, 0) is 0 Å². The lowest BCUT2D eigenvalue weighted by Gasteiger charge is -2.20. The minimum Gasteiger partial charge on any atom is -0.356 e. The second-order valence-corrected chi connectivity index (χ2v) is 4.48. The van der Waals surface area contributed by atoms with Gasteiger partial charge in [-0.1, -0.05) is 41.9 Å². The molecular weight excluding hydrogens is 212 g/mol. The summed E-state index contributed by atoms with van der Waals surface area (Å²) >= 11 is 0. The van der Waals surface area contributed by atoms with Crippen molar-refractivity contribution in [1.82, 2.24) is 10.5 Å². The Labute approximate surface area is 101 Å². The fraction of sp³-hybridized carbons (Fsp3) is 0.357. The zero-order valence-corrected chi connectivity index (χ0v) is 9.73. The molecule has 1 aromatic heterocycles. The van der Waals surface area contributed by atoms with Crippen LogP contribution in [0.4, 0.5) is 0 Å². The molecule has 17 heavy (non-hydrogen) atoms. The molecule has 0 radical (unpaired) electrons. The Morgan fingerprint density at radius 3 is 2.82 bits per heavy atom. The summed E-state index contributed by atoms with van der Waals surface area (Å²) in [5.41, 5.74) is 2.12. The van der Waals surface area contributed by atoms with Gasteiger partial charge in [0, 0.05) is 11.6 Å². The van der Waals surface area contributed by atoms with Gasteiger partial charge in [0.05, 0.1) is 6.04 Å². The second kappa shape index (κ2) is 4.72. The van der Waals surface area contributed by atoms with Crippen LogP contribution < -0.4 is 5.32 Å². The Morgan fingerprint density at radius 2 is 2.06 bits per heavy atom. The van der Waals surface area contributed by atoms with E-state index < -0.39 is 0 Å². The van der Waals surface area contributed by atoms with Crippen molar-refractivity contribution in [3.05, 3.63) is 42.1 Å². The van der Waals surface area contributed by atoms with Crippen molar-refractivity contribution < 1.29 is 4.52 Å². The van der Waals surface area contributed by atoms with Gasteiger partial charge in [0.25, 0.3) is 0 Å². The van der Waals surface area contributed by atoms with Gasteiger partial charge in [0.1, 0.15) is 5.69 Å². The average Bonchev–Trinajstić information content (AvgIpc) is 2.90. The first kappa shape index (κ1) is 10.5. The van der Waals surface area contributed by atoms with Crippen LogP contribution >= 0.6 is 0 Å². The van der Waals surface area contributed by atoms with Gasteiger partial charge < -0.3 is 9.84 Å². The molecule has 1 aromatic carbocycles. The van der Waals surface area contributed by atoms with E-state index in [1.54, 1.807) is 0 Å². The molecule has 88 valence electrons. The summed E-state index contributed by atoms with van der Waals surface area (Å²) in [6, 6.07) is 12.5. The van der Waals surface area contributed by atoms with Crippen LogP contribution in [0.2, 0.25) is 0 Å². The number of piperidine rings is 1. The van der Waals surface area contributed by atoms with E-state index in [9.17, 15) is 0 Å². The third-order valence-electron chi connectivity index (χ3n) is 3.25. The molecule has 1 fully saturated rings. The van der Waals surface area contributed by atoms with Crippen LogP contribution in [0.5, 0.6) is 0 Å². The minimum absolute atomic E-state index is 0.366. The molecule has 1 aliphatic rings. The SMILES string of the molecule is c1ccc(-c2cc(C3CCCCN3)no2)cc1. The molecule has 2 aromatic rings. The van der Waals surface area contributed by atoms with Crippen LogP contribution in [0.3, 0.4) is 0 Å². The van der Waals surface area contributed by atoms with Gasteiger partial charge in [-0.3, -0.25) is 0 Å². The first-order chi connectivity index (χ1) is 8.43. The highest BCUT2D eigenvalue weighted by Crippen LogP contribution is 2.26. The van der Waals surface area contributed by atoms with E-state index in [0.29, 0.717) is 6.04 Å². The number of hydrogen-bond donors (Lipinski definition) is 1. The van der Waals surface area contributed by atoms with Crippen LogP contribution in [-0.4, -0.2) is 11.7 Å². The van der Waals surface area contributed by atoms with Crippen LogP contribution in [0.1, 0.15) is 31.0 Å². The van der Waals surface area contributed by atoms with Crippen molar-refractivity contribution in [2.24, 2.45) is 0 Å². The molecule has 2 heterocycles. The third-order valence-corrected chi connectivity index (χ3v) is 3.25. The molecule has 1 aliphatic heterocycles. The van der Waals surface area contributed by atoms with E-state index in [1.807, 2.05) is 30.3 Å². The van der Waals surface area contributed by atoms with Gasteiger partial charge in [-0.2, -0.15) is 0 Å². The summed E-state index contributed by atoms with van der Waals surface area (Å²) in [4.78, 5) is 0. The Morgan fingerprint density at radius 1 is 1.18 bits per heavy atom. The Bertz CT molecular complexity index is 472. The van der Waals surface area contributed by atoms with E-state index >= 15 is 0 Å². The molecule has 3 heteroatoms. The summed E-state index contributed by atoms with van der Waals surface area (Å²) in [6.45, 7) is 1.08. The predicted octanol–water partition coefficient (Wildman–Crippen LogP) is 3.16. The monoisotopic (exact) mass is 228 g/mol. The Hall–Kier alpha value is -1.61. The lowest BCUT2D eigenvalue weighted by molar-refractivity contribution is 0.368. The molecule has 3 rings (SSSR count). The van der Waals surface area contributed by atoms with E-state index in [-0.39, 0.29) is 0 Å². The highest BCUT2D eigenvalue weighted by atomic mass is 16.5. The number of aromatic nitrogens is 1. The summed E-state index contributed by atoms with van der Waals surface area (Å²) in [6.07, 6.45) is 3.69. The highest BCUT2D eigenvalue weighted by Gasteiger charge is 2.18. The maximum Gasteiger partial charge on any atom is 0.167 e. The average molecular weight is 228 g/mol. The van der Waals surface area contributed by atoms with Gasteiger partial charge in [-0.25, -0.2) is 0 Å². The lowest BCUT2D eigenvalue weighted by atomic mass is 10.0. The first-order valence-electron chi connectivity index (χ1n) is 6.19. The third kappa shape index (κ3) is 2.24. The number of nitrogens with zero attached hydrogens (tertiary/aromatic N) is 1. The second-order valence-electron chi connectivity index (χ2n) is 4.48. The zero-order valence-electron chi connectivity index (χ0n) is 9.73. The number of hydrogen-bond acceptors (Lipinski definition) is 3. The van der Waals surface area contributed by atoms with Crippen LogP contribution in [0, 0.1) is 0 Å². The highest BCUT2D eigenvalue weighted by molar-refractivity contribution is 5.57. The fourth-order valence-corrected chi connectivity index (χ4v) is 2.30. The largest absolute Gasteiger partial charge is 0.356 e. The number of rotatable bonds is 2. The predicted molar refractivity (Wildman–Crippen MR) is 66.5 cm³/mol. The van der Waals surface area contributed by atoms with Gasteiger partial charge in [0.2, 0.25) is 0 Å². The minimum atomic E-state index is 0.366. The fourth-order valence-electron chi connectivity index (χ4n) is 2.30. The van der Waals surface area contributed by atoms with Gasteiger partial charge in [0.15, 0.2) is 5.76 Å². The van der Waals surface area contributed by atoms with Crippen molar-refractivity contribution in [3.8, 4) is 11.3 Å². The van der Waals surface area contributed by atoms with Crippen molar-refractivity contribution in [2.75, 3.05) is 6.54 Å². The van der Waals surface area contributed by atoms with E-state index in [2.05, 4.69) is 16.5 Å². The quantitative estimate of drug-likeness (QED) is 0.858. The van der Waals surface area contributed by atoms with E-state index in [0.717, 1.165) is 30.0 Å². The first-order valence-corrected chi connectivity index (χ1v) is 6.19. The van der Waals surface area contributed by atoms with E-state index in [4.69, 9.17) is 4.52 Å². The summed E-state index contributed by atoms with van der Waals surface area (Å²) in [5.74, 6) is 0.855. The van der Waals surface area contributed by atoms with Crippen molar-refractivity contribution in [2.45, 2.75) is 25.3 Å². The van der Waals surface area contributed by atoms with Crippen LogP contribution in [0.15, 0.2) is 40.9 Å². The summed E-state index contributed by atoms with van der Waals surface area (Å²) in [5, 5.41) is 7.66. The lowest BCUT2D eigenvalue weighted by Crippen LogP contribution is -2.26. The molecule has 1 atom stereocenters. The smallest absolute Gasteiger partial charge is 0.167 e. The zero-order chi connectivity index (χ0) is 11.5. The van der Waals surface area contributed by atoms with Gasteiger partial charge in [-0.05, 0) is 19.4 Å². The van der Waals surface area contributed by atoms with Crippen molar-refractivity contribution in [1.29, 1.82) is 0 Å². The molecule has 1 saturated heterocycles. The molecule has 0 amide bonds. The molecular formula is C14H16N2O. The van der Waals surface area contributed by atoms with Crippen molar-refractivity contribution >= 4 is 0 Å². The Kier molecular flexibility index (Phi) is 2.92. The van der Waals surface area contributed by atoms with E-state index in [1.165, 1.54) is 12.8 Å². The Balaban J connectivity index is 1.83. The number of benzene rings is 1. The summed E-state index contributed by atoms with van der Waals surface area (Å²) in [7, 11) is 0. The molecule has 0 aliphatic carbocycles. The molecule has 0 bridgehead atoms. The molecule has 0 spiro atoms. The molecule has 3 nitrogen and oxygen atoms in total.